The number of carbonyl (C=O) groups is 1. The second-order valence-electron chi connectivity index (χ2n) is 7.80. The van der Waals surface area contributed by atoms with Crippen molar-refractivity contribution >= 4 is 15.9 Å². The van der Waals surface area contributed by atoms with Gasteiger partial charge in [0.05, 0.1) is 4.90 Å². The molecule has 1 amide bonds. The van der Waals surface area contributed by atoms with Crippen molar-refractivity contribution < 1.29 is 13.2 Å². The fraction of sp³-hybridized carbons (Fsp3) is 0.429. The summed E-state index contributed by atoms with van der Waals surface area (Å²) in [6.45, 7) is 5.46. The average molecular weight is 415 g/mol. The third kappa shape index (κ3) is 4.83. The first-order chi connectivity index (χ1) is 13.9. The van der Waals surface area contributed by atoms with E-state index in [4.69, 9.17) is 0 Å². The van der Waals surface area contributed by atoms with Crippen molar-refractivity contribution in [3.8, 4) is 0 Å². The molecule has 2 fully saturated rings. The lowest BCUT2D eigenvalue weighted by molar-refractivity contribution is 0.0627. The van der Waals surface area contributed by atoms with E-state index in [2.05, 4.69) is 20.7 Å². The summed E-state index contributed by atoms with van der Waals surface area (Å²) in [5.74, 6) is -0.105. The lowest BCUT2D eigenvalue weighted by atomic mass is 10.1. The van der Waals surface area contributed by atoms with Crippen LogP contribution < -0.4 is 4.72 Å². The molecule has 2 heterocycles. The quantitative estimate of drug-likeness (QED) is 0.779. The van der Waals surface area contributed by atoms with Crippen molar-refractivity contribution in [2.75, 3.05) is 26.2 Å². The Morgan fingerprint density at radius 3 is 2.59 bits per heavy atom. The predicted molar refractivity (Wildman–Crippen MR) is 110 cm³/mol. The van der Waals surface area contributed by atoms with Crippen LogP contribution in [0.15, 0.2) is 47.6 Å². The molecule has 4 rings (SSSR count). The second kappa shape index (κ2) is 8.22. The highest BCUT2D eigenvalue weighted by Gasteiger charge is 2.29. The number of nitrogens with zero attached hydrogens (tertiary/aromatic N) is 3. The van der Waals surface area contributed by atoms with E-state index in [-0.39, 0.29) is 16.8 Å². The van der Waals surface area contributed by atoms with Gasteiger partial charge in [-0.3, -0.25) is 14.7 Å². The fourth-order valence-electron chi connectivity index (χ4n) is 3.52. The van der Waals surface area contributed by atoms with Gasteiger partial charge in [0.15, 0.2) is 0 Å². The second-order valence-corrected chi connectivity index (χ2v) is 9.52. The molecule has 1 aliphatic heterocycles. The Balaban J connectivity index is 1.42. The number of rotatable bonds is 6. The molecule has 0 unspecified atom stereocenters. The Hall–Kier alpha value is -2.29. The van der Waals surface area contributed by atoms with Gasteiger partial charge in [0.1, 0.15) is 0 Å². The summed E-state index contributed by atoms with van der Waals surface area (Å²) in [6.07, 6.45) is 5.37. The third-order valence-corrected chi connectivity index (χ3v) is 6.96. The van der Waals surface area contributed by atoms with Gasteiger partial charge in [0.25, 0.3) is 5.91 Å². The van der Waals surface area contributed by atoms with Crippen LogP contribution >= 0.6 is 0 Å². The first-order valence-corrected chi connectivity index (χ1v) is 11.4. The van der Waals surface area contributed by atoms with E-state index in [9.17, 15) is 13.2 Å². The number of aromatic nitrogens is 1. The van der Waals surface area contributed by atoms with Crippen LogP contribution in [0.5, 0.6) is 0 Å². The summed E-state index contributed by atoms with van der Waals surface area (Å²) in [6, 6.07) is 8.82. The van der Waals surface area contributed by atoms with Crippen LogP contribution in [0.3, 0.4) is 0 Å². The monoisotopic (exact) mass is 414 g/mol. The molecule has 29 heavy (non-hydrogen) atoms. The lowest BCUT2D eigenvalue weighted by Gasteiger charge is -2.35. The molecule has 0 atom stereocenters. The molecule has 1 aromatic heterocycles. The van der Waals surface area contributed by atoms with Crippen molar-refractivity contribution in [2.45, 2.75) is 37.2 Å². The molecule has 1 N–H and O–H groups in total. The van der Waals surface area contributed by atoms with Crippen LogP contribution in [0.1, 0.15) is 34.3 Å². The van der Waals surface area contributed by atoms with Gasteiger partial charge in [-0.25, -0.2) is 13.1 Å². The van der Waals surface area contributed by atoms with E-state index < -0.39 is 10.0 Å². The number of carbonyl (C=O) groups excluding carboxylic acids is 1. The highest BCUT2D eigenvalue weighted by molar-refractivity contribution is 7.89. The number of amides is 1. The summed E-state index contributed by atoms with van der Waals surface area (Å²) in [5, 5.41) is 0. The molecular weight excluding hydrogens is 388 g/mol. The molecule has 154 valence electrons. The molecule has 1 aromatic carbocycles. The van der Waals surface area contributed by atoms with Crippen molar-refractivity contribution in [3.05, 3.63) is 59.4 Å². The summed E-state index contributed by atoms with van der Waals surface area (Å²) in [7, 11) is -3.58. The largest absolute Gasteiger partial charge is 0.336 e. The van der Waals surface area contributed by atoms with Crippen LogP contribution in [-0.2, 0) is 16.6 Å². The zero-order chi connectivity index (χ0) is 20.4. The van der Waals surface area contributed by atoms with Crippen molar-refractivity contribution in [1.29, 1.82) is 0 Å². The minimum absolute atomic E-state index is 0.0355. The van der Waals surface area contributed by atoms with Gasteiger partial charge in [0, 0.05) is 56.7 Å². The Bertz CT molecular complexity index is 982. The van der Waals surface area contributed by atoms with Crippen LogP contribution in [0.2, 0.25) is 0 Å². The van der Waals surface area contributed by atoms with Crippen molar-refractivity contribution in [1.82, 2.24) is 19.5 Å². The minimum Gasteiger partial charge on any atom is -0.336 e. The molecule has 0 spiro atoms. The van der Waals surface area contributed by atoms with Gasteiger partial charge in [-0.05, 0) is 49.1 Å². The zero-order valence-corrected chi connectivity index (χ0v) is 17.4. The van der Waals surface area contributed by atoms with Crippen LogP contribution in [0.25, 0.3) is 0 Å². The molecule has 1 saturated carbocycles. The van der Waals surface area contributed by atoms with Gasteiger partial charge in [-0.1, -0.05) is 12.1 Å². The summed E-state index contributed by atoms with van der Waals surface area (Å²) < 4.78 is 27.7. The summed E-state index contributed by atoms with van der Waals surface area (Å²) in [4.78, 5) is 21.5. The maximum absolute atomic E-state index is 13.1. The molecule has 8 heteroatoms. The minimum atomic E-state index is -3.58. The Morgan fingerprint density at radius 2 is 1.93 bits per heavy atom. The number of piperazine rings is 1. The van der Waals surface area contributed by atoms with E-state index in [1.54, 1.807) is 18.3 Å². The average Bonchev–Trinajstić information content (AvgIpc) is 3.52. The number of benzene rings is 1. The van der Waals surface area contributed by atoms with Crippen LogP contribution in [0, 0.1) is 6.92 Å². The van der Waals surface area contributed by atoms with Crippen LogP contribution in [0.4, 0.5) is 0 Å². The standard InChI is InChI=1S/C21H26N4O3S/c1-16-4-7-19(29(27,28)23-18-5-6-18)13-20(16)21(26)25-11-9-24(10-12-25)15-17-3-2-8-22-14-17/h2-4,7-8,13-14,18,23H,5-6,9-12,15H2,1H3. The maximum Gasteiger partial charge on any atom is 0.254 e. The van der Waals surface area contributed by atoms with Gasteiger partial charge < -0.3 is 4.90 Å². The fourth-order valence-corrected chi connectivity index (χ4v) is 4.85. The molecule has 7 nitrogen and oxygen atoms in total. The normalized spacial score (nSPS) is 18.0. The smallest absolute Gasteiger partial charge is 0.254 e. The number of hydrogen-bond acceptors (Lipinski definition) is 5. The predicted octanol–water partition coefficient (Wildman–Crippen LogP) is 1.79. The van der Waals surface area contributed by atoms with E-state index in [0.717, 1.165) is 43.6 Å². The maximum atomic E-state index is 13.1. The Kier molecular flexibility index (Phi) is 5.67. The van der Waals surface area contributed by atoms with Gasteiger partial charge >= 0.3 is 0 Å². The van der Waals surface area contributed by atoms with E-state index in [1.165, 1.54) is 6.07 Å². The van der Waals surface area contributed by atoms with Gasteiger partial charge in [-0.15, -0.1) is 0 Å². The Labute approximate surface area is 171 Å². The number of nitrogens with one attached hydrogen (secondary N) is 1. The number of aryl methyl sites for hydroxylation is 1. The first-order valence-electron chi connectivity index (χ1n) is 9.96. The molecule has 1 aliphatic carbocycles. The van der Waals surface area contributed by atoms with Gasteiger partial charge in [-0.2, -0.15) is 0 Å². The van der Waals surface area contributed by atoms with E-state index in [0.29, 0.717) is 18.7 Å². The molecule has 0 radical (unpaired) electrons. The van der Waals surface area contributed by atoms with Gasteiger partial charge in [0.2, 0.25) is 10.0 Å². The molecular formula is C21H26N4O3S. The molecule has 2 aromatic rings. The highest BCUT2D eigenvalue weighted by atomic mass is 32.2. The zero-order valence-electron chi connectivity index (χ0n) is 16.5. The number of pyridine rings is 1. The molecule has 1 saturated heterocycles. The topological polar surface area (TPSA) is 82.6 Å². The highest BCUT2D eigenvalue weighted by Crippen LogP contribution is 2.24. The number of sulfonamides is 1. The molecule has 2 aliphatic rings. The summed E-state index contributed by atoms with van der Waals surface area (Å²) in [5.41, 5.74) is 2.41. The molecule has 0 bridgehead atoms. The van der Waals surface area contributed by atoms with Crippen molar-refractivity contribution in [3.63, 3.8) is 0 Å². The SMILES string of the molecule is Cc1ccc(S(=O)(=O)NC2CC2)cc1C(=O)N1CCN(Cc2cccnc2)CC1. The number of hydrogen-bond donors (Lipinski definition) is 1. The first kappa shape index (κ1) is 20.0. The van der Waals surface area contributed by atoms with E-state index >= 15 is 0 Å². The van der Waals surface area contributed by atoms with Crippen molar-refractivity contribution in [2.24, 2.45) is 0 Å². The summed E-state index contributed by atoms with van der Waals surface area (Å²) >= 11 is 0. The Morgan fingerprint density at radius 1 is 1.17 bits per heavy atom. The lowest BCUT2D eigenvalue weighted by Crippen LogP contribution is -2.48. The van der Waals surface area contributed by atoms with E-state index in [1.807, 2.05) is 24.1 Å². The third-order valence-electron chi connectivity index (χ3n) is 5.44. The van der Waals surface area contributed by atoms with Crippen LogP contribution in [-0.4, -0.2) is 61.3 Å².